The smallest absolute Gasteiger partial charge is 0.395 e. The predicted octanol–water partition coefficient (Wildman–Crippen LogP) is 5.15. The van der Waals surface area contributed by atoms with E-state index in [1.807, 2.05) is 13.8 Å². The summed E-state index contributed by atoms with van der Waals surface area (Å²) < 4.78 is 39.0. The van der Waals surface area contributed by atoms with E-state index >= 15 is 0 Å². The Bertz CT molecular complexity index is 484. The number of hydrogen-bond donors (Lipinski definition) is 0. The summed E-state index contributed by atoms with van der Waals surface area (Å²) in [6, 6.07) is 3.45. The Morgan fingerprint density at radius 1 is 1.35 bits per heavy atom. The maximum atomic E-state index is 13.0. The maximum absolute atomic E-state index is 13.0. The molecule has 1 rings (SSSR count). The van der Waals surface area contributed by atoms with Gasteiger partial charge in [-0.15, -0.1) is 0 Å². The normalized spacial score (nSPS) is 12.9. The van der Waals surface area contributed by atoms with E-state index in [1.54, 1.807) is 6.92 Å². The highest BCUT2D eigenvalue weighted by atomic mass is 35.5. The number of halogens is 4. The van der Waals surface area contributed by atoms with Gasteiger partial charge in [0.2, 0.25) is 0 Å². The van der Waals surface area contributed by atoms with Gasteiger partial charge in [0.15, 0.2) is 0 Å². The molecule has 6 heteroatoms. The van der Waals surface area contributed by atoms with Crippen molar-refractivity contribution in [3.63, 3.8) is 0 Å². The molecule has 0 aliphatic heterocycles. The fourth-order valence-electron chi connectivity index (χ4n) is 1.57. The van der Waals surface area contributed by atoms with E-state index in [9.17, 15) is 13.2 Å². The first kappa shape index (κ1) is 16.8. The zero-order valence-electron chi connectivity index (χ0n) is 11.6. The minimum atomic E-state index is -4.45. The second-order valence-corrected chi connectivity index (χ2v) is 5.21. The van der Waals surface area contributed by atoms with Gasteiger partial charge in [0, 0.05) is 10.6 Å². The van der Waals surface area contributed by atoms with Crippen molar-refractivity contribution in [3.05, 3.63) is 34.3 Å². The largest absolute Gasteiger partial charge is 0.417 e. The van der Waals surface area contributed by atoms with E-state index in [0.29, 0.717) is 13.0 Å². The lowest BCUT2D eigenvalue weighted by atomic mass is 10.0. The van der Waals surface area contributed by atoms with E-state index < -0.39 is 11.7 Å². The van der Waals surface area contributed by atoms with Crippen LogP contribution in [0.15, 0.2) is 23.4 Å². The summed E-state index contributed by atoms with van der Waals surface area (Å²) in [6.45, 7) is 5.94. The topological polar surface area (TPSA) is 21.6 Å². The Kier molecular flexibility index (Phi) is 5.87. The molecule has 0 aromatic heterocycles. The van der Waals surface area contributed by atoms with Crippen molar-refractivity contribution in [2.45, 2.75) is 33.4 Å². The summed E-state index contributed by atoms with van der Waals surface area (Å²) in [5.74, 6) is 0.248. The second-order valence-electron chi connectivity index (χ2n) is 4.77. The molecule has 0 fully saturated rings. The number of hydrogen-bond acceptors (Lipinski definition) is 2. The molecule has 0 atom stereocenters. The van der Waals surface area contributed by atoms with E-state index in [2.05, 4.69) is 5.16 Å². The maximum Gasteiger partial charge on any atom is 0.417 e. The van der Waals surface area contributed by atoms with Gasteiger partial charge in [-0.1, -0.05) is 37.5 Å². The minimum absolute atomic E-state index is 0.0312. The van der Waals surface area contributed by atoms with Crippen molar-refractivity contribution >= 4 is 17.3 Å². The van der Waals surface area contributed by atoms with Gasteiger partial charge in [0.05, 0.1) is 11.3 Å². The number of rotatable bonds is 5. The van der Waals surface area contributed by atoms with Crippen molar-refractivity contribution in [2.75, 3.05) is 6.61 Å². The molecule has 0 aliphatic rings. The molecule has 112 valence electrons. The zero-order chi connectivity index (χ0) is 15.3. The Morgan fingerprint density at radius 2 is 2.00 bits per heavy atom. The number of nitrogens with zero attached hydrogens (tertiary/aromatic N) is 1. The Hall–Kier alpha value is -1.23. The van der Waals surface area contributed by atoms with Crippen LogP contribution >= 0.6 is 11.6 Å². The molecule has 0 radical (unpaired) electrons. The summed E-state index contributed by atoms with van der Waals surface area (Å²) >= 11 is 5.79. The monoisotopic (exact) mass is 307 g/mol. The van der Waals surface area contributed by atoms with Crippen LogP contribution in [0.4, 0.5) is 13.2 Å². The van der Waals surface area contributed by atoms with Crippen LogP contribution in [0.3, 0.4) is 0 Å². The number of benzene rings is 1. The summed E-state index contributed by atoms with van der Waals surface area (Å²) in [7, 11) is 0. The highest BCUT2D eigenvalue weighted by Gasteiger charge is 2.34. The SMILES string of the molecule is CC/C(=N\OCC(C)C)c1cc(Cl)ccc1C(F)(F)F. The fraction of sp³-hybridized carbons (Fsp3) is 0.500. The molecule has 0 spiro atoms. The molecule has 0 N–H and O–H groups in total. The van der Waals surface area contributed by atoms with Gasteiger partial charge in [0.25, 0.3) is 0 Å². The molecule has 0 amide bonds. The third-order valence-corrected chi connectivity index (χ3v) is 2.75. The van der Waals surface area contributed by atoms with Crippen molar-refractivity contribution in [1.29, 1.82) is 0 Å². The molecule has 0 saturated heterocycles. The van der Waals surface area contributed by atoms with Crippen molar-refractivity contribution in [3.8, 4) is 0 Å². The fourth-order valence-corrected chi connectivity index (χ4v) is 1.74. The third-order valence-electron chi connectivity index (χ3n) is 2.52. The lowest BCUT2D eigenvalue weighted by Gasteiger charge is -2.14. The van der Waals surface area contributed by atoms with Gasteiger partial charge in [0.1, 0.15) is 6.61 Å². The van der Waals surface area contributed by atoms with Crippen LogP contribution in [-0.2, 0) is 11.0 Å². The van der Waals surface area contributed by atoms with Crippen LogP contribution < -0.4 is 0 Å². The van der Waals surface area contributed by atoms with E-state index in [0.717, 1.165) is 6.07 Å². The van der Waals surface area contributed by atoms with Gasteiger partial charge in [-0.05, 0) is 30.5 Å². The first-order valence-electron chi connectivity index (χ1n) is 6.31. The van der Waals surface area contributed by atoms with Gasteiger partial charge >= 0.3 is 6.18 Å². The van der Waals surface area contributed by atoms with Gasteiger partial charge < -0.3 is 4.84 Å². The lowest BCUT2D eigenvalue weighted by Crippen LogP contribution is -2.14. The van der Waals surface area contributed by atoms with Gasteiger partial charge in [-0.2, -0.15) is 13.2 Å². The Morgan fingerprint density at radius 3 is 2.50 bits per heavy atom. The van der Waals surface area contributed by atoms with Gasteiger partial charge in [-0.3, -0.25) is 0 Å². The first-order valence-corrected chi connectivity index (χ1v) is 6.69. The Balaban J connectivity index is 3.17. The quantitative estimate of drug-likeness (QED) is 0.545. The molecule has 20 heavy (non-hydrogen) atoms. The summed E-state index contributed by atoms with van der Waals surface area (Å²) in [5, 5.41) is 4.06. The van der Waals surface area contributed by atoms with Crippen LogP contribution in [0.25, 0.3) is 0 Å². The van der Waals surface area contributed by atoms with Crippen molar-refractivity contribution in [2.24, 2.45) is 11.1 Å². The molecule has 1 aromatic rings. The van der Waals surface area contributed by atoms with Gasteiger partial charge in [-0.25, -0.2) is 0 Å². The number of alkyl halides is 3. The first-order chi connectivity index (χ1) is 9.25. The standard InChI is InChI=1S/C14H17ClF3NO/c1-4-13(19-20-8-9(2)3)11-7-10(15)5-6-12(11)14(16,17)18/h5-7,9H,4,8H2,1-3H3/b19-13+. The summed E-state index contributed by atoms with van der Waals surface area (Å²) in [4.78, 5) is 5.09. The van der Waals surface area contributed by atoms with Crippen LogP contribution in [0, 0.1) is 5.92 Å². The lowest BCUT2D eigenvalue weighted by molar-refractivity contribution is -0.137. The molecule has 0 heterocycles. The van der Waals surface area contributed by atoms with E-state index in [4.69, 9.17) is 16.4 Å². The average molecular weight is 308 g/mol. The van der Waals surface area contributed by atoms with Crippen LogP contribution in [-0.4, -0.2) is 12.3 Å². The van der Waals surface area contributed by atoms with Crippen molar-refractivity contribution in [1.82, 2.24) is 0 Å². The summed E-state index contributed by atoms with van der Waals surface area (Å²) in [5.41, 5.74) is -0.549. The molecule has 0 bridgehead atoms. The molecule has 0 aliphatic carbocycles. The Labute approximate surface area is 121 Å². The molecule has 0 unspecified atom stereocenters. The van der Waals surface area contributed by atoms with Crippen molar-refractivity contribution < 1.29 is 18.0 Å². The molecular weight excluding hydrogens is 291 g/mol. The zero-order valence-corrected chi connectivity index (χ0v) is 12.3. The van der Waals surface area contributed by atoms with E-state index in [1.165, 1.54) is 12.1 Å². The van der Waals surface area contributed by atoms with Crippen LogP contribution in [0.1, 0.15) is 38.3 Å². The molecular formula is C14H17ClF3NO. The molecule has 2 nitrogen and oxygen atoms in total. The summed E-state index contributed by atoms with van der Waals surface area (Å²) in [6.07, 6.45) is -4.13. The highest BCUT2D eigenvalue weighted by Crippen LogP contribution is 2.34. The van der Waals surface area contributed by atoms with Crippen LogP contribution in [0.2, 0.25) is 5.02 Å². The predicted molar refractivity (Wildman–Crippen MR) is 74.1 cm³/mol. The van der Waals surface area contributed by atoms with Crippen LogP contribution in [0.5, 0.6) is 0 Å². The average Bonchev–Trinajstić information content (AvgIpc) is 2.32. The molecule has 1 aromatic carbocycles. The number of oxime groups is 1. The molecule has 0 saturated carbocycles. The minimum Gasteiger partial charge on any atom is -0.395 e. The third kappa shape index (κ3) is 4.71. The second kappa shape index (κ2) is 6.97. The van der Waals surface area contributed by atoms with E-state index in [-0.39, 0.29) is 22.2 Å². The highest BCUT2D eigenvalue weighted by molar-refractivity contribution is 6.31.